The number of piperidine rings is 1. The number of fused-ring (bicyclic) bond motifs is 3. The summed E-state index contributed by atoms with van der Waals surface area (Å²) in [6.45, 7) is 0.988. The third-order valence-corrected chi connectivity index (χ3v) is 10.4. The van der Waals surface area contributed by atoms with Crippen molar-refractivity contribution in [2.45, 2.75) is 57.2 Å². The Kier molecular flexibility index (Phi) is 14.7. The number of hydrogen-bond acceptors (Lipinski definition) is 7. The zero-order valence-electron chi connectivity index (χ0n) is 30.7. The second-order valence-corrected chi connectivity index (χ2v) is 14.9. The lowest BCUT2D eigenvalue weighted by Crippen LogP contribution is -2.58. The summed E-state index contributed by atoms with van der Waals surface area (Å²) in [5.74, 6) is -2.63. The summed E-state index contributed by atoms with van der Waals surface area (Å²) in [4.78, 5) is 82.9. The summed E-state index contributed by atoms with van der Waals surface area (Å²) in [5.41, 5.74) is 7.57. The maximum Gasteiger partial charge on any atom is 0.246 e. The molecule has 14 heteroatoms. The SMILES string of the molecule is NCCNC(=O)[C@H]1CCNC(=O)/C=C/C(=O)N2CCCC(Cc3ccccc3)(C2)C(=O)N[C@H](Cc2ccc(Br)cc2)C(=O)NCc2ccccc2CC(=O)N1. The molecule has 0 spiro atoms. The number of carbonyl (C=O) groups excluding carboxylic acids is 6. The Hall–Kier alpha value is -5.34. The average Bonchev–Trinajstić information content (AvgIpc) is 3.18. The van der Waals surface area contributed by atoms with Gasteiger partial charge in [0.25, 0.3) is 0 Å². The zero-order chi connectivity index (χ0) is 39.2. The average molecular weight is 815 g/mol. The summed E-state index contributed by atoms with van der Waals surface area (Å²) in [7, 11) is 0. The molecule has 0 radical (unpaired) electrons. The summed E-state index contributed by atoms with van der Waals surface area (Å²) in [6.07, 6.45) is 3.83. The molecule has 3 aromatic carbocycles. The summed E-state index contributed by atoms with van der Waals surface area (Å²) < 4.78 is 0.871. The molecule has 2 bridgehead atoms. The van der Waals surface area contributed by atoms with E-state index in [0.29, 0.717) is 36.9 Å². The van der Waals surface area contributed by atoms with Crippen molar-refractivity contribution < 1.29 is 28.8 Å². The molecule has 5 rings (SSSR count). The molecule has 6 amide bonds. The molecule has 3 aromatic rings. The molecule has 0 aliphatic carbocycles. The molecule has 290 valence electrons. The molecule has 1 fully saturated rings. The van der Waals surface area contributed by atoms with Gasteiger partial charge in [0.15, 0.2) is 0 Å². The lowest BCUT2D eigenvalue weighted by atomic mass is 9.74. The minimum absolute atomic E-state index is 0.0342. The Bertz CT molecular complexity index is 1870. The third kappa shape index (κ3) is 11.8. The van der Waals surface area contributed by atoms with Crippen LogP contribution in [0.5, 0.6) is 0 Å². The van der Waals surface area contributed by atoms with Crippen molar-refractivity contribution in [3.63, 3.8) is 0 Å². The van der Waals surface area contributed by atoms with Crippen LogP contribution in [-0.2, 0) is 54.6 Å². The highest BCUT2D eigenvalue weighted by Crippen LogP contribution is 2.35. The van der Waals surface area contributed by atoms with Crippen LogP contribution < -0.4 is 32.3 Å². The number of nitrogens with two attached hydrogens (primary N) is 1. The van der Waals surface area contributed by atoms with E-state index in [1.54, 1.807) is 29.2 Å². The van der Waals surface area contributed by atoms with Crippen LogP contribution in [-0.4, -0.2) is 85.2 Å². The van der Waals surface area contributed by atoms with Gasteiger partial charge in [-0.3, -0.25) is 28.8 Å². The van der Waals surface area contributed by atoms with Gasteiger partial charge in [0.1, 0.15) is 12.1 Å². The quantitative estimate of drug-likeness (QED) is 0.210. The largest absolute Gasteiger partial charge is 0.353 e. The number of hydrogen-bond donors (Lipinski definition) is 6. The van der Waals surface area contributed by atoms with E-state index in [4.69, 9.17) is 5.73 Å². The van der Waals surface area contributed by atoms with Crippen LogP contribution in [0.3, 0.4) is 0 Å². The first kappa shape index (κ1) is 40.8. The Balaban J connectivity index is 1.48. The van der Waals surface area contributed by atoms with E-state index in [1.807, 2.05) is 54.6 Å². The molecule has 13 nitrogen and oxygen atoms in total. The first-order valence-corrected chi connectivity index (χ1v) is 19.3. The predicted molar refractivity (Wildman–Crippen MR) is 211 cm³/mol. The van der Waals surface area contributed by atoms with Crippen LogP contribution >= 0.6 is 15.9 Å². The van der Waals surface area contributed by atoms with Crippen LogP contribution in [0.15, 0.2) is 95.5 Å². The topological polar surface area (TPSA) is 192 Å². The minimum Gasteiger partial charge on any atom is -0.353 e. The molecule has 3 atom stereocenters. The van der Waals surface area contributed by atoms with Gasteiger partial charge in [-0.1, -0.05) is 82.7 Å². The molecule has 55 heavy (non-hydrogen) atoms. The Morgan fingerprint density at radius 3 is 2.35 bits per heavy atom. The Morgan fingerprint density at radius 1 is 0.873 bits per heavy atom. The van der Waals surface area contributed by atoms with E-state index >= 15 is 0 Å². The number of carbonyl (C=O) groups is 6. The molecule has 1 unspecified atom stereocenters. The van der Waals surface area contributed by atoms with Crippen LogP contribution in [0, 0.1) is 5.41 Å². The van der Waals surface area contributed by atoms with Gasteiger partial charge in [-0.25, -0.2) is 0 Å². The molecule has 2 aliphatic heterocycles. The first-order valence-electron chi connectivity index (χ1n) is 18.5. The van der Waals surface area contributed by atoms with Gasteiger partial charge < -0.3 is 37.2 Å². The molecule has 2 aliphatic rings. The number of halogens is 1. The van der Waals surface area contributed by atoms with Crippen molar-refractivity contribution in [1.82, 2.24) is 31.5 Å². The van der Waals surface area contributed by atoms with Crippen LogP contribution in [0.25, 0.3) is 0 Å². The van der Waals surface area contributed by atoms with Gasteiger partial charge in [-0.05, 0) is 60.1 Å². The van der Waals surface area contributed by atoms with E-state index < -0.39 is 47.0 Å². The van der Waals surface area contributed by atoms with Crippen molar-refractivity contribution in [3.05, 3.63) is 118 Å². The van der Waals surface area contributed by atoms with E-state index in [-0.39, 0.29) is 57.9 Å². The van der Waals surface area contributed by atoms with Gasteiger partial charge in [-0.15, -0.1) is 0 Å². The van der Waals surface area contributed by atoms with Gasteiger partial charge in [0.2, 0.25) is 35.4 Å². The fraction of sp³-hybridized carbons (Fsp3) is 0.366. The molecule has 0 aromatic heterocycles. The van der Waals surface area contributed by atoms with Gasteiger partial charge in [0.05, 0.1) is 11.8 Å². The Morgan fingerprint density at radius 2 is 1.60 bits per heavy atom. The second-order valence-electron chi connectivity index (χ2n) is 13.9. The molecule has 1 saturated heterocycles. The molecule has 2 heterocycles. The maximum atomic E-state index is 14.6. The number of rotatable bonds is 7. The summed E-state index contributed by atoms with van der Waals surface area (Å²) in [6, 6.07) is 22.3. The first-order chi connectivity index (χ1) is 26.5. The summed E-state index contributed by atoms with van der Waals surface area (Å²) >= 11 is 3.46. The van der Waals surface area contributed by atoms with E-state index in [1.165, 1.54) is 6.08 Å². The fourth-order valence-electron chi connectivity index (χ4n) is 6.96. The number of nitrogens with one attached hydrogen (secondary N) is 5. The highest BCUT2D eigenvalue weighted by Gasteiger charge is 2.44. The number of benzene rings is 3. The van der Waals surface area contributed by atoms with Crippen molar-refractivity contribution in [2.24, 2.45) is 11.1 Å². The second kappa shape index (κ2) is 19.8. The van der Waals surface area contributed by atoms with E-state index in [0.717, 1.165) is 21.7 Å². The predicted octanol–water partition coefficient (Wildman–Crippen LogP) is 1.82. The van der Waals surface area contributed by atoms with Crippen molar-refractivity contribution >= 4 is 51.4 Å². The van der Waals surface area contributed by atoms with Gasteiger partial charge in [-0.2, -0.15) is 0 Å². The number of nitrogens with zero attached hydrogens (tertiary/aromatic N) is 1. The minimum atomic E-state index is -1.07. The van der Waals surface area contributed by atoms with Crippen molar-refractivity contribution in [3.8, 4) is 0 Å². The van der Waals surface area contributed by atoms with Crippen LogP contribution in [0.2, 0.25) is 0 Å². The molecule has 0 saturated carbocycles. The van der Waals surface area contributed by atoms with Crippen LogP contribution in [0.1, 0.15) is 41.5 Å². The lowest BCUT2D eigenvalue weighted by molar-refractivity contribution is -0.141. The molecular weight excluding hydrogens is 766 g/mol. The fourth-order valence-corrected chi connectivity index (χ4v) is 7.22. The highest BCUT2D eigenvalue weighted by atomic mass is 79.9. The smallest absolute Gasteiger partial charge is 0.246 e. The molecular formula is C41H48BrN7O6. The maximum absolute atomic E-state index is 14.6. The standard InChI is InChI=1S/C41H48BrN7O6/c42-32-13-11-28(12-14-32)23-34-39(54)46-26-31-10-5-4-9-30(31)24-36(51)47-33(38(53)45-21-19-43)17-20-44-35(50)15-16-37(52)49-22-6-18-41(27-49,40(55)48-34)25-29-7-2-1-3-8-29/h1-5,7-16,33-34H,6,17-27,43H2,(H,44,50)(H,45,53)(H,46,54)(H,47,51)(H,48,55)/b16-15+/t33-,34-,41?/m1/s1. The van der Waals surface area contributed by atoms with Gasteiger partial charge >= 0.3 is 0 Å². The highest BCUT2D eigenvalue weighted by molar-refractivity contribution is 9.10. The van der Waals surface area contributed by atoms with Crippen molar-refractivity contribution in [1.29, 1.82) is 0 Å². The summed E-state index contributed by atoms with van der Waals surface area (Å²) in [5, 5.41) is 14.2. The third-order valence-electron chi connectivity index (χ3n) is 9.86. The number of amides is 6. The normalized spacial score (nSPS) is 22.4. The Labute approximate surface area is 329 Å². The zero-order valence-corrected chi connectivity index (χ0v) is 32.2. The monoisotopic (exact) mass is 813 g/mol. The van der Waals surface area contributed by atoms with Crippen molar-refractivity contribution in [2.75, 3.05) is 32.7 Å². The van der Waals surface area contributed by atoms with Gasteiger partial charge in [0, 0.05) is 62.3 Å². The van der Waals surface area contributed by atoms with E-state index in [2.05, 4.69) is 42.5 Å². The molecule has 7 N–H and O–H groups in total. The van der Waals surface area contributed by atoms with Crippen LogP contribution in [0.4, 0.5) is 0 Å². The van der Waals surface area contributed by atoms with E-state index in [9.17, 15) is 28.8 Å². The lowest BCUT2D eigenvalue weighted by Gasteiger charge is -2.42.